The van der Waals surface area contributed by atoms with E-state index in [0.717, 1.165) is 18.4 Å². The van der Waals surface area contributed by atoms with Gasteiger partial charge in [-0.05, 0) is 12.1 Å². The van der Waals surface area contributed by atoms with E-state index in [9.17, 15) is 18.5 Å². The molecule has 0 aliphatic heterocycles. The van der Waals surface area contributed by atoms with Crippen LogP contribution in [0.3, 0.4) is 0 Å². The number of halogens is 1. The third kappa shape index (κ3) is 2.49. The van der Waals surface area contributed by atoms with Gasteiger partial charge in [-0.2, -0.15) is 0 Å². The first-order valence-electron chi connectivity index (χ1n) is 4.05. The minimum absolute atomic E-state index is 0.0232. The Morgan fingerprint density at radius 2 is 2.06 bits per heavy atom. The first-order chi connectivity index (χ1) is 7.27. The smallest absolute Gasteiger partial charge is 0.293 e. The van der Waals surface area contributed by atoms with Crippen molar-refractivity contribution in [3.63, 3.8) is 0 Å². The molecule has 0 bridgehead atoms. The second kappa shape index (κ2) is 4.36. The summed E-state index contributed by atoms with van der Waals surface area (Å²) < 4.78 is 22.7. The second-order valence-corrected chi connectivity index (χ2v) is 5.52. The molecule has 88 valence electrons. The molecule has 8 heteroatoms. The molecule has 6 nitrogen and oxygen atoms in total. The van der Waals surface area contributed by atoms with Crippen LogP contribution in [0.1, 0.15) is 5.56 Å². The van der Waals surface area contributed by atoms with Gasteiger partial charge in [0.2, 0.25) is 0 Å². The average molecular weight is 266 g/mol. The van der Waals surface area contributed by atoms with Gasteiger partial charge >= 0.3 is 0 Å². The Balaban J connectivity index is 3.71. The maximum Gasteiger partial charge on any atom is 0.293 e. The second-order valence-electron chi connectivity index (χ2n) is 3.10. The van der Waals surface area contributed by atoms with Gasteiger partial charge < -0.3 is 5.11 Å². The number of nitrogens with zero attached hydrogens (tertiary/aromatic N) is 1. The Labute approximate surface area is 96.5 Å². The van der Waals surface area contributed by atoms with E-state index >= 15 is 0 Å². The predicted octanol–water partition coefficient (Wildman–Crippen LogP) is 1.14. The lowest BCUT2D eigenvalue weighted by molar-refractivity contribution is -0.388. The van der Waals surface area contributed by atoms with Crippen molar-refractivity contribution >= 4 is 27.1 Å². The zero-order valence-electron chi connectivity index (χ0n) is 8.18. The number of nitro benzene ring substituents is 1. The fourth-order valence-corrected chi connectivity index (χ4v) is 2.44. The van der Waals surface area contributed by atoms with E-state index in [1.54, 1.807) is 0 Å². The number of sulfone groups is 1. The molecule has 0 heterocycles. The number of hydrogen-bond acceptors (Lipinski definition) is 5. The van der Waals surface area contributed by atoms with E-state index in [1.165, 1.54) is 0 Å². The zero-order chi connectivity index (χ0) is 12.5. The highest BCUT2D eigenvalue weighted by atomic mass is 35.5. The van der Waals surface area contributed by atoms with Crippen LogP contribution in [-0.4, -0.2) is 24.7 Å². The fourth-order valence-electron chi connectivity index (χ4n) is 1.24. The van der Waals surface area contributed by atoms with Gasteiger partial charge in [0.1, 0.15) is 4.90 Å². The van der Waals surface area contributed by atoms with Crippen molar-refractivity contribution in [2.75, 3.05) is 6.26 Å². The summed E-state index contributed by atoms with van der Waals surface area (Å²) in [7, 11) is -3.77. The molecule has 0 aliphatic carbocycles. The van der Waals surface area contributed by atoms with E-state index in [4.69, 9.17) is 16.7 Å². The lowest BCUT2D eigenvalue weighted by atomic mass is 10.2. The Bertz CT molecular complexity index is 540. The van der Waals surface area contributed by atoms with Crippen LogP contribution in [0.4, 0.5) is 5.69 Å². The lowest BCUT2D eigenvalue weighted by Gasteiger charge is -2.05. The van der Waals surface area contributed by atoms with E-state index < -0.39 is 32.0 Å². The van der Waals surface area contributed by atoms with Crippen LogP contribution in [0, 0.1) is 10.1 Å². The van der Waals surface area contributed by atoms with Crippen LogP contribution in [0.25, 0.3) is 0 Å². The Kier molecular flexibility index (Phi) is 3.51. The molecule has 1 rings (SSSR count). The molecule has 0 saturated heterocycles. The van der Waals surface area contributed by atoms with Crippen LogP contribution in [0.5, 0.6) is 0 Å². The maximum atomic E-state index is 11.3. The van der Waals surface area contributed by atoms with Gasteiger partial charge in [0, 0.05) is 11.3 Å². The molecular weight excluding hydrogens is 258 g/mol. The summed E-state index contributed by atoms with van der Waals surface area (Å²) in [5.41, 5.74) is -0.757. The molecule has 0 amide bonds. The third-order valence-corrected chi connectivity index (χ3v) is 3.20. The van der Waals surface area contributed by atoms with Crippen molar-refractivity contribution in [3.05, 3.63) is 32.8 Å². The largest absolute Gasteiger partial charge is 0.391 e. The van der Waals surface area contributed by atoms with E-state index in [0.29, 0.717) is 0 Å². The summed E-state index contributed by atoms with van der Waals surface area (Å²) in [6.07, 6.45) is 0.840. The van der Waals surface area contributed by atoms with Crippen molar-refractivity contribution in [2.24, 2.45) is 0 Å². The van der Waals surface area contributed by atoms with Crippen molar-refractivity contribution in [2.45, 2.75) is 11.5 Å². The molecule has 1 N–H and O–H groups in total. The van der Waals surface area contributed by atoms with Crippen molar-refractivity contribution in [1.82, 2.24) is 0 Å². The van der Waals surface area contributed by atoms with Crippen LogP contribution in [-0.2, 0) is 16.4 Å². The highest BCUT2D eigenvalue weighted by Crippen LogP contribution is 2.31. The van der Waals surface area contributed by atoms with Gasteiger partial charge in [-0.15, -0.1) is 0 Å². The summed E-state index contributed by atoms with van der Waals surface area (Å²) in [4.78, 5) is 9.41. The molecule has 0 aromatic heterocycles. The molecule has 0 radical (unpaired) electrons. The molecule has 0 spiro atoms. The van der Waals surface area contributed by atoms with E-state index in [1.807, 2.05) is 0 Å². The molecule has 16 heavy (non-hydrogen) atoms. The van der Waals surface area contributed by atoms with E-state index in [2.05, 4.69) is 0 Å². The number of rotatable bonds is 3. The van der Waals surface area contributed by atoms with Crippen molar-refractivity contribution in [1.29, 1.82) is 0 Å². The van der Waals surface area contributed by atoms with Crippen molar-refractivity contribution < 1.29 is 18.4 Å². The molecule has 0 unspecified atom stereocenters. The standard InChI is InChI=1S/C8H8ClNO5S/c1-16(14,15)7-3-6(9)2-5(4-11)8(7)10(12)13/h2-3,11H,4H2,1H3. The summed E-state index contributed by atoms with van der Waals surface area (Å²) >= 11 is 5.61. The summed E-state index contributed by atoms with van der Waals surface area (Å²) in [6.45, 7) is -0.653. The Morgan fingerprint density at radius 1 is 1.50 bits per heavy atom. The van der Waals surface area contributed by atoms with Gasteiger partial charge in [-0.3, -0.25) is 10.1 Å². The first-order valence-corrected chi connectivity index (χ1v) is 6.32. The first kappa shape index (κ1) is 12.9. The Morgan fingerprint density at radius 3 is 2.44 bits per heavy atom. The molecular formula is C8H8ClNO5S. The molecule has 1 aromatic carbocycles. The van der Waals surface area contributed by atoms with Crippen LogP contribution in [0.2, 0.25) is 5.02 Å². The van der Waals surface area contributed by atoms with E-state index in [-0.39, 0.29) is 10.6 Å². The number of aliphatic hydroxyl groups excluding tert-OH is 1. The number of benzene rings is 1. The van der Waals surface area contributed by atoms with Gasteiger partial charge in [-0.25, -0.2) is 8.42 Å². The quantitative estimate of drug-likeness (QED) is 0.653. The fraction of sp³-hybridized carbons (Fsp3) is 0.250. The average Bonchev–Trinajstić information content (AvgIpc) is 2.14. The number of aliphatic hydroxyl groups is 1. The van der Waals surface area contributed by atoms with Crippen LogP contribution < -0.4 is 0 Å². The van der Waals surface area contributed by atoms with Crippen molar-refractivity contribution in [3.8, 4) is 0 Å². The molecule has 0 saturated carbocycles. The minimum atomic E-state index is -3.77. The molecule has 0 atom stereocenters. The highest BCUT2D eigenvalue weighted by molar-refractivity contribution is 7.90. The Hall–Kier alpha value is -1.18. The summed E-state index contributed by atoms with van der Waals surface area (Å²) in [5, 5.41) is 19.7. The summed E-state index contributed by atoms with van der Waals surface area (Å²) in [5.74, 6) is 0. The molecule has 0 aliphatic rings. The monoisotopic (exact) mass is 265 g/mol. The van der Waals surface area contributed by atoms with Crippen LogP contribution >= 0.6 is 11.6 Å². The maximum absolute atomic E-state index is 11.3. The number of hydrogen-bond donors (Lipinski definition) is 1. The topological polar surface area (TPSA) is 97.5 Å². The minimum Gasteiger partial charge on any atom is -0.391 e. The highest BCUT2D eigenvalue weighted by Gasteiger charge is 2.26. The van der Waals surface area contributed by atoms with Gasteiger partial charge in [0.05, 0.1) is 17.1 Å². The SMILES string of the molecule is CS(=O)(=O)c1cc(Cl)cc(CO)c1[N+](=O)[O-]. The summed E-state index contributed by atoms with van der Waals surface area (Å²) in [6, 6.07) is 2.16. The van der Waals surface area contributed by atoms with Gasteiger partial charge in [0.25, 0.3) is 5.69 Å². The molecule has 0 fully saturated rings. The predicted molar refractivity (Wildman–Crippen MR) is 57.1 cm³/mol. The zero-order valence-corrected chi connectivity index (χ0v) is 9.75. The lowest BCUT2D eigenvalue weighted by Crippen LogP contribution is -2.06. The molecule has 1 aromatic rings. The van der Waals surface area contributed by atoms with Gasteiger partial charge in [0.15, 0.2) is 9.84 Å². The van der Waals surface area contributed by atoms with Crippen LogP contribution in [0.15, 0.2) is 17.0 Å². The normalized spacial score (nSPS) is 11.4. The third-order valence-electron chi connectivity index (χ3n) is 1.87. The number of nitro groups is 1. The van der Waals surface area contributed by atoms with Gasteiger partial charge in [-0.1, -0.05) is 11.6 Å².